The van der Waals surface area contributed by atoms with Crippen LogP contribution in [0, 0.1) is 0 Å². The maximum absolute atomic E-state index is 12.3. The van der Waals surface area contributed by atoms with Gasteiger partial charge in [-0.2, -0.15) is 0 Å². The highest BCUT2D eigenvalue weighted by atomic mass is 35.5. The van der Waals surface area contributed by atoms with Crippen LogP contribution in [0.5, 0.6) is 11.5 Å². The number of rotatable bonds is 0. The molecule has 2 N–H and O–H groups in total. The Kier molecular flexibility index (Phi) is 5.88. The first-order valence-electron chi connectivity index (χ1n) is 7.40. The Morgan fingerprint density at radius 1 is 1.09 bits per heavy atom. The van der Waals surface area contributed by atoms with Gasteiger partial charge in [-0.3, -0.25) is 0 Å². The van der Waals surface area contributed by atoms with E-state index in [1.54, 1.807) is 0 Å². The largest absolute Gasteiger partial charge is 0.507 e. The summed E-state index contributed by atoms with van der Waals surface area (Å²) in [6.07, 6.45) is 10.4. The van der Waals surface area contributed by atoms with E-state index in [1.165, 1.54) is 0 Å². The number of allylic oxidation sites excluding steroid dienone is 4. The van der Waals surface area contributed by atoms with Gasteiger partial charge in [-0.05, 0) is 31.2 Å². The highest BCUT2D eigenvalue weighted by Gasteiger charge is 2.23. The normalized spacial score (nSPS) is 19.3. The number of carbonyl (C=O) groups is 1. The average Bonchev–Trinajstić information content (AvgIpc) is 2.50. The number of cyclic esters (lactones) is 1. The standard InChI is InChI=1S/C18H19ClO4/c1-12-8-6-4-2-3-5-7-9-23-18(22)16-13(10-12)17(19)15(21)11-14(16)20/h3,5-6,8,11,20-21H,1-2,4,7,9-10H2/b5-3+,8-6+. The van der Waals surface area contributed by atoms with Crippen LogP contribution in [0.15, 0.2) is 42.5 Å². The number of fused-ring (bicyclic) bond motifs is 1. The van der Waals surface area contributed by atoms with Crippen LogP contribution in [-0.4, -0.2) is 22.8 Å². The Morgan fingerprint density at radius 3 is 2.57 bits per heavy atom. The Balaban J connectivity index is 2.45. The number of hydrogen-bond donors (Lipinski definition) is 2. The molecule has 0 aliphatic carbocycles. The molecule has 0 atom stereocenters. The van der Waals surface area contributed by atoms with Crippen molar-refractivity contribution in [1.29, 1.82) is 0 Å². The molecule has 0 spiro atoms. The number of phenols is 2. The highest BCUT2D eigenvalue weighted by molar-refractivity contribution is 6.33. The second kappa shape index (κ2) is 7.88. The van der Waals surface area contributed by atoms with E-state index in [1.807, 2.05) is 24.3 Å². The van der Waals surface area contributed by atoms with Gasteiger partial charge in [0.05, 0.1) is 11.6 Å². The van der Waals surface area contributed by atoms with Crippen LogP contribution < -0.4 is 0 Å². The molecule has 2 rings (SSSR count). The molecule has 122 valence electrons. The minimum absolute atomic E-state index is 0.0243. The summed E-state index contributed by atoms with van der Waals surface area (Å²) in [6.45, 7) is 4.14. The van der Waals surface area contributed by atoms with E-state index in [9.17, 15) is 15.0 Å². The molecule has 0 unspecified atom stereocenters. The van der Waals surface area contributed by atoms with Crippen LogP contribution in [0.4, 0.5) is 0 Å². The first kappa shape index (κ1) is 17.2. The van der Waals surface area contributed by atoms with Gasteiger partial charge < -0.3 is 14.9 Å². The second-order valence-corrected chi connectivity index (χ2v) is 5.67. The van der Waals surface area contributed by atoms with Crippen molar-refractivity contribution in [3.63, 3.8) is 0 Å². The molecule has 0 amide bonds. The van der Waals surface area contributed by atoms with Gasteiger partial charge in [0, 0.05) is 6.07 Å². The molecule has 1 aromatic carbocycles. The predicted octanol–water partition coefficient (Wildman–Crippen LogP) is 4.30. The number of hydrogen-bond acceptors (Lipinski definition) is 4. The summed E-state index contributed by atoms with van der Waals surface area (Å²) in [4.78, 5) is 12.3. The van der Waals surface area contributed by atoms with E-state index >= 15 is 0 Å². The predicted molar refractivity (Wildman–Crippen MR) is 90.0 cm³/mol. The monoisotopic (exact) mass is 334 g/mol. The van der Waals surface area contributed by atoms with Gasteiger partial charge in [-0.1, -0.05) is 48.1 Å². The van der Waals surface area contributed by atoms with Crippen molar-refractivity contribution in [3.8, 4) is 11.5 Å². The molecule has 1 aliphatic heterocycles. The topological polar surface area (TPSA) is 66.8 Å². The minimum atomic E-state index is -0.665. The minimum Gasteiger partial charge on any atom is -0.507 e. The summed E-state index contributed by atoms with van der Waals surface area (Å²) in [7, 11) is 0. The fourth-order valence-corrected chi connectivity index (χ4v) is 2.55. The van der Waals surface area contributed by atoms with Gasteiger partial charge in [-0.25, -0.2) is 4.79 Å². The zero-order valence-electron chi connectivity index (χ0n) is 12.7. The first-order chi connectivity index (χ1) is 11.0. The lowest BCUT2D eigenvalue weighted by Gasteiger charge is -2.14. The maximum atomic E-state index is 12.3. The molecule has 0 aromatic heterocycles. The van der Waals surface area contributed by atoms with E-state index in [2.05, 4.69) is 6.58 Å². The third-order valence-corrected chi connectivity index (χ3v) is 3.89. The molecule has 1 aliphatic rings. The number of phenolic OH excluding ortho intramolecular Hbond substituents is 2. The first-order valence-corrected chi connectivity index (χ1v) is 7.78. The summed E-state index contributed by atoms with van der Waals surface area (Å²) in [5, 5.41) is 19.9. The summed E-state index contributed by atoms with van der Waals surface area (Å²) in [6, 6.07) is 1.05. The van der Waals surface area contributed by atoms with Crippen LogP contribution in [0.1, 0.15) is 35.2 Å². The van der Waals surface area contributed by atoms with Crippen LogP contribution >= 0.6 is 11.6 Å². The summed E-state index contributed by atoms with van der Waals surface area (Å²) >= 11 is 6.12. The zero-order valence-corrected chi connectivity index (χ0v) is 13.5. The highest BCUT2D eigenvalue weighted by Crippen LogP contribution is 2.37. The maximum Gasteiger partial charge on any atom is 0.342 e. The molecule has 4 nitrogen and oxygen atoms in total. The van der Waals surface area contributed by atoms with Crippen LogP contribution in [0.25, 0.3) is 0 Å². The zero-order chi connectivity index (χ0) is 16.8. The SMILES string of the molecule is C=C1/C=C/CC/C=C/CCOC(=O)c2c(O)cc(O)c(Cl)c2C1. The van der Waals surface area contributed by atoms with Crippen LogP contribution in [0.2, 0.25) is 5.02 Å². The van der Waals surface area contributed by atoms with Gasteiger partial charge in [0.1, 0.15) is 17.1 Å². The molecule has 0 bridgehead atoms. The third-order valence-electron chi connectivity index (χ3n) is 3.47. The van der Waals surface area contributed by atoms with Crippen molar-refractivity contribution in [2.45, 2.75) is 25.7 Å². The van der Waals surface area contributed by atoms with Gasteiger partial charge in [-0.15, -0.1) is 0 Å². The summed E-state index contributed by atoms with van der Waals surface area (Å²) < 4.78 is 5.19. The van der Waals surface area contributed by atoms with Crippen LogP contribution in [-0.2, 0) is 11.2 Å². The summed E-state index contributed by atoms with van der Waals surface area (Å²) in [5.41, 5.74) is 1.01. The molecule has 5 heteroatoms. The van der Waals surface area contributed by atoms with Crippen molar-refractivity contribution in [3.05, 3.63) is 58.7 Å². The van der Waals surface area contributed by atoms with E-state index in [-0.39, 0.29) is 35.1 Å². The number of ether oxygens (including phenoxy) is 1. The van der Waals surface area contributed by atoms with Crippen LogP contribution in [0.3, 0.4) is 0 Å². The molecule has 23 heavy (non-hydrogen) atoms. The number of benzene rings is 1. The molecule has 0 fully saturated rings. The molecule has 0 saturated carbocycles. The van der Waals surface area contributed by atoms with Crippen molar-refractivity contribution in [1.82, 2.24) is 0 Å². The molecule has 0 saturated heterocycles. The Morgan fingerprint density at radius 2 is 1.78 bits per heavy atom. The number of esters is 1. The third kappa shape index (κ3) is 4.39. The van der Waals surface area contributed by atoms with E-state index in [0.717, 1.165) is 18.9 Å². The van der Waals surface area contributed by atoms with E-state index in [4.69, 9.17) is 16.3 Å². The lowest BCUT2D eigenvalue weighted by Crippen LogP contribution is -2.10. The van der Waals surface area contributed by atoms with Gasteiger partial charge in [0.2, 0.25) is 0 Å². The quantitative estimate of drug-likeness (QED) is 0.548. The Hall–Kier alpha value is -2.20. The lowest BCUT2D eigenvalue weighted by atomic mass is 9.98. The van der Waals surface area contributed by atoms with Gasteiger partial charge in [0.15, 0.2) is 0 Å². The smallest absolute Gasteiger partial charge is 0.342 e. The van der Waals surface area contributed by atoms with Crippen molar-refractivity contribution >= 4 is 17.6 Å². The lowest BCUT2D eigenvalue weighted by molar-refractivity contribution is 0.0507. The molecule has 1 aromatic rings. The fraction of sp³-hybridized carbons (Fsp3) is 0.278. The molecular formula is C18H19ClO4. The Bertz CT molecular complexity index is 674. The number of halogens is 1. The van der Waals surface area contributed by atoms with Crippen molar-refractivity contribution in [2.75, 3.05) is 6.61 Å². The number of carbonyl (C=O) groups excluding carboxylic acids is 1. The molecule has 0 radical (unpaired) electrons. The van der Waals surface area contributed by atoms with Crippen molar-refractivity contribution in [2.24, 2.45) is 0 Å². The van der Waals surface area contributed by atoms with E-state index < -0.39 is 5.97 Å². The molecule has 1 heterocycles. The average molecular weight is 335 g/mol. The Labute approximate surface area is 140 Å². The van der Waals surface area contributed by atoms with E-state index in [0.29, 0.717) is 17.6 Å². The van der Waals surface area contributed by atoms with Gasteiger partial charge in [0.25, 0.3) is 0 Å². The molecular weight excluding hydrogens is 316 g/mol. The fourth-order valence-electron chi connectivity index (χ4n) is 2.33. The van der Waals surface area contributed by atoms with Crippen molar-refractivity contribution < 1.29 is 19.7 Å². The number of aromatic hydroxyl groups is 2. The van der Waals surface area contributed by atoms with Gasteiger partial charge >= 0.3 is 5.97 Å². The summed E-state index contributed by atoms with van der Waals surface area (Å²) in [5.74, 6) is -1.30. The second-order valence-electron chi connectivity index (χ2n) is 5.29.